The molecule has 0 bridgehead atoms. The highest BCUT2D eigenvalue weighted by molar-refractivity contribution is 5.82. The summed E-state index contributed by atoms with van der Waals surface area (Å²) in [5.41, 5.74) is 1.16. The van der Waals surface area contributed by atoms with Crippen LogP contribution in [0.1, 0.15) is 5.56 Å². The third-order valence-corrected chi connectivity index (χ3v) is 3.86. The molecule has 0 spiro atoms. The van der Waals surface area contributed by atoms with Crippen molar-refractivity contribution in [2.24, 2.45) is 0 Å². The number of para-hydroxylation sites is 1. The molecule has 2 N–H and O–H groups in total. The quantitative estimate of drug-likeness (QED) is 0.736. The Labute approximate surface area is 135 Å². The summed E-state index contributed by atoms with van der Waals surface area (Å²) in [5.74, 6) is -0.381. The van der Waals surface area contributed by atoms with Gasteiger partial charge in [0.2, 0.25) is 5.91 Å². The maximum atomic E-state index is 11.6. The van der Waals surface area contributed by atoms with E-state index in [4.69, 9.17) is 9.84 Å². The van der Waals surface area contributed by atoms with E-state index < -0.39 is 5.97 Å². The zero-order valence-electron chi connectivity index (χ0n) is 13.3. The van der Waals surface area contributed by atoms with Gasteiger partial charge in [0.25, 0.3) is 0 Å². The van der Waals surface area contributed by atoms with E-state index >= 15 is 0 Å². The summed E-state index contributed by atoms with van der Waals surface area (Å²) in [7, 11) is 1.67. The van der Waals surface area contributed by atoms with Crippen molar-refractivity contribution in [2.75, 3.05) is 46.4 Å². The number of hydrogen-bond acceptors (Lipinski definition) is 5. The van der Waals surface area contributed by atoms with E-state index in [1.807, 2.05) is 23.1 Å². The molecule has 7 heteroatoms. The Kier molecular flexibility index (Phi) is 6.37. The van der Waals surface area contributed by atoms with Crippen molar-refractivity contribution in [2.45, 2.75) is 6.54 Å². The number of nitrogens with one attached hydrogen (secondary N) is 1. The molecular formula is C16H23N3O4. The smallest absolute Gasteiger partial charge is 0.322 e. The SMILES string of the molecule is COc1ccccc1CN1CCN(CC(=O)NCC(=O)O)CC1. The van der Waals surface area contributed by atoms with Gasteiger partial charge in [-0.2, -0.15) is 0 Å². The van der Waals surface area contributed by atoms with Gasteiger partial charge in [0, 0.05) is 38.3 Å². The lowest BCUT2D eigenvalue weighted by Gasteiger charge is -2.34. The number of carboxylic acid groups (broad SMARTS) is 1. The van der Waals surface area contributed by atoms with Crippen LogP contribution in [0.15, 0.2) is 24.3 Å². The normalized spacial score (nSPS) is 16.0. The highest BCUT2D eigenvalue weighted by atomic mass is 16.5. The number of hydrogen-bond donors (Lipinski definition) is 2. The first-order valence-electron chi connectivity index (χ1n) is 7.63. The van der Waals surface area contributed by atoms with Gasteiger partial charge in [-0.15, -0.1) is 0 Å². The van der Waals surface area contributed by atoms with Crippen LogP contribution in [0.3, 0.4) is 0 Å². The van der Waals surface area contributed by atoms with Crippen molar-refractivity contribution in [1.29, 1.82) is 0 Å². The van der Waals surface area contributed by atoms with Crippen molar-refractivity contribution < 1.29 is 19.4 Å². The van der Waals surface area contributed by atoms with Crippen molar-refractivity contribution in [3.05, 3.63) is 29.8 Å². The molecule has 1 fully saturated rings. The van der Waals surface area contributed by atoms with Gasteiger partial charge in [0.15, 0.2) is 0 Å². The zero-order chi connectivity index (χ0) is 16.7. The van der Waals surface area contributed by atoms with Gasteiger partial charge in [-0.1, -0.05) is 18.2 Å². The monoisotopic (exact) mass is 321 g/mol. The fraction of sp³-hybridized carbons (Fsp3) is 0.500. The number of aliphatic carboxylic acids is 1. The molecule has 126 valence electrons. The Morgan fingerprint density at radius 3 is 2.48 bits per heavy atom. The van der Waals surface area contributed by atoms with E-state index in [0.29, 0.717) is 0 Å². The van der Waals surface area contributed by atoms with Gasteiger partial charge < -0.3 is 15.2 Å². The molecule has 1 aromatic rings. The topological polar surface area (TPSA) is 82.1 Å². The average molecular weight is 321 g/mol. The molecule has 0 aliphatic carbocycles. The van der Waals surface area contributed by atoms with Gasteiger partial charge in [0.1, 0.15) is 12.3 Å². The number of nitrogens with zero attached hydrogens (tertiary/aromatic N) is 2. The lowest BCUT2D eigenvalue weighted by atomic mass is 10.1. The molecule has 23 heavy (non-hydrogen) atoms. The average Bonchev–Trinajstić information content (AvgIpc) is 2.55. The number of carboxylic acids is 1. The summed E-state index contributed by atoms with van der Waals surface area (Å²) >= 11 is 0. The molecule has 1 aliphatic rings. The summed E-state index contributed by atoms with van der Waals surface area (Å²) in [6, 6.07) is 7.97. The van der Waals surface area contributed by atoms with Crippen molar-refractivity contribution in [3.63, 3.8) is 0 Å². The molecule has 1 aromatic carbocycles. The van der Waals surface area contributed by atoms with Gasteiger partial charge in [0.05, 0.1) is 13.7 Å². The number of piperazine rings is 1. The maximum absolute atomic E-state index is 11.6. The Bertz CT molecular complexity index is 542. The number of carbonyl (C=O) groups excluding carboxylic acids is 1. The zero-order valence-corrected chi connectivity index (χ0v) is 13.3. The Balaban J connectivity index is 1.75. The van der Waals surface area contributed by atoms with E-state index in [2.05, 4.69) is 16.3 Å². The number of ether oxygens (including phenoxy) is 1. The molecule has 0 unspecified atom stereocenters. The van der Waals surface area contributed by atoms with E-state index in [0.717, 1.165) is 44.0 Å². The van der Waals surface area contributed by atoms with E-state index in [-0.39, 0.29) is 19.0 Å². The molecule has 1 saturated heterocycles. The van der Waals surface area contributed by atoms with E-state index in [1.165, 1.54) is 0 Å². The first-order chi connectivity index (χ1) is 11.1. The number of methoxy groups -OCH3 is 1. The highest BCUT2D eigenvalue weighted by Crippen LogP contribution is 2.19. The Morgan fingerprint density at radius 1 is 1.17 bits per heavy atom. The van der Waals surface area contributed by atoms with Crippen LogP contribution in [-0.4, -0.2) is 73.2 Å². The van der Waals surface area contributed by atoms with Gasteiger partial charge in [-0.3, -0.25) is 19.4 Å². The van der Waals surface area contributed by atoms with Crippen molar-refractivity contribution >= 4 is 11.9 Å². The maximum Gasteiger partial charge on any atom is 0.322 e. The molecule has 0 atom stereocenters. The van der Waals surface area contributed by atoms with E-state index in [1.54, 1.807) is 7.11 Å². The summed E-state index contributed by atoms with van der Waals surface area (Å²) in [5, 5.41) is 10.9. The number of benzene rings is 1. The van der Waals surface area contributed by atoms with Crippen LogP contribution in [0.4, 0.5) is 0 Å². The predicted octanol–water partition coefficient (Wildman–Crippen LogP) is 0.0136. The first-order valence-corrected chi connectivity index (χ1v) is 7.63. The minimum atomic E-state index is -1.03. The van der Waals surface area contributed by atoms with Crippen molar-refractivity contribution in [3.8, 4) is 5.75 Å². The summed E-state index contributed by atoms with van der Waals surface area (Å²) < 4.78 is 5.37. The Morgan fingerprint density at radius 2 is 1.83 bits per heavy atom. The fourth-order valence-electron chi connectivity index (χ4n) is 2.61. The second kappa shape index (κ2) is 8.50. The van der Waals surface area contributed by atoms with Crippen LogP contribution in [0.25, 0.3) is 0 Å². The highest BCUT2D eigenvalue weighted by Gasteiger charge is 2.19. The lowest BCUT2D eigenvalue weighted by molar-refractivity contribution is -0.138. The summed E-state index contributed by atoms with van der Waals surface area (Å²) in [6.45, 7) is 4.05. The van der Waals surface area contributed by atoms with Gasteiger partial charge in [-0.05, 0) is 6.07 Å². The van der Waals surface area contributed by atoms with Crippen LogP contribution >= 0.6 is 0 Å². The van der Waals surface area contributed by atoms with Crippen LogP contribution in [0.5, 0.6) is 5.75 Å². The predicted molar refractivity (Wildman–Crippen MR) is 85.4 cm³/mol. The minimum Gasteiger partial charge on any atom is -0.496 e. The molecule has 0 saturated carbocycles. The molecule has 0 aromatic heterocycles. The van der Waals surface area contributed by atoms with Crippen LogP contribution in [-0.2, 0) is 16.1 Å². The largest absolute Gasteiger partial charge is 0.496 e. The number of rotatable bonds is 7. The van der Waals surface area contributed by atoms with Gasteiger partial charge in [-0.25, -0.2) is 0 Å². The number of carbonyl (C=O) groups is 2. The molecule has 2 rings (SSSR count). The van der Waals surface area contributed by atoms with E-state index in [9.17, 15) is 9.59 Å². The summed E-state index contributed by atoms with van der Waals surface area (Å²) in [6.07, 6.45) is 0. The molecular weight excluding hydrogens is 298 g/mol. The first kappa shape index (κ1) is 17.2. The lowest BCUT2D eigenvalue weighted by Crippen LogP contribution is -2.49. The standard InChI is InChI=1S/C16H23N3O4/c1-23-14-5-3-2-4-13(14)11-18-6-8-19(9-7-18)12-15(20)17-10-16(21)22/h2-5H,6-12H2,1H3,(H,17,20)(H,21,22). The van der Waals surface area contributed by atoms with Crippen molar-refractivity contribution in [1.82, 2.24) is 15.1 Å². The molecule has 7 nitrogen and oxygen atoms in total. The number of amides is 1. The second-order valence-electron chi connectivity index (χ2n) is 5.53. The second-order valence-corrected chi connectivity index (χ2v) is 5.53. The minimum absolute atomic E-state index is 0.245. The summed E-state index contributed by atoms with van der Waals surface area (Å²) in [4.78, 5) is 26.4. The molecule has 1 amide bonds. The van der Waals surface area contributed by atoms with Crippen LogP contribution in [0.2, 0.25) is 0 Å². The Hall–Kier alpha value is -2.12. The third kappa shape index (κ3) is 5.54. The molecule has 0 radical (unpaired) electrons. The van der Waals surface area contributed by atoms with Crippen LogP contribution in [0, 0.1) is 0 Å². The fourth-order valence-corrected chi connectivity index (χ4v) is 2.61. The third-order valence-electron chi connectivity index (χ3n) is 3.86. The van der Waals surface area contributed by atoms with Crippen LogP contribution < -0.4 is 10.1 Å². The van der Waals surface area contributed by atoms with Gasteiger partial charge >= 0.3 is 5.97 Å². The molecule has 1 heterocycles. The molecule has 1 aliphatic heterocycles.